The number of hydrogen-bond donors (Lipinski definition) is 4. The van der Waals surface area contributed by atoms with Crippen LogP contribution in [0.15, 0.2) is 42.5 Å². The zero-order valence-corrected chi connectivity index (χ0v) is 15.2. The van der Waals surface area contributed by atoms with Gasteiger partial charge >= 0.3 is 0 Å². The van der Waals surface area contributed by atoms with Gasteiger partial charge in [-0.05, 0) is 79.9 Å². The van der Waals surface area contributed by atoms with Crippen molar-refractivity contribution >= 4 is 10.9 Å². The third-order valence-corrected chi connectivity index (χ3v) is 4.75. The standard InChI is InChI=1S/C21H27N3O2/c1-15-19-14-18(26)8-9-20(19)24(13-3-2-11-23-12-10-22)21(15)16-4-6-17(25)7-5-16/h4-9,14,23,25-26H,2-3,10-13,22H2,1H3. The summed E-state index contributed by atoms with van der Waals surface area (Å²) >= 11 is 0. The van der Waals surface area contributed by atoms with Crippen LogP contribution in [0.4, 0.5) is 0 Å². The molecule has 0 atom stereocenters. The van der Waals surface area contributed by atoms with Crippen LogP contribution >= 0.6 is 0 Å². The molecular formula is C21H27N3O2. The van der Waals surface area contributed by atoms with Crippen LogP contribution in [0.3, 0.4) is 0 Å². The number of rotatable bonds is 8. The van der Waals surface area contributed by atoms with Crippen molar-refractivity contribution in [1.29, 1.82) is 0 Å². The SMILES string of the molecule is Cc1c(-c2ccc(O)cc2)n(CCCCNCCN)c2ccc(O)cc12. The summed E-state index contributed by atoms with van der Waals surface area (Å²) in [4.78, 5) is 0. The highest BCUT2D eigenvalue weighted by Crippen LogP contribution is 2.35. The van der Waals surface area contributed by atoms with Gasteiger partial charge in [-0.3, -0.25) is 0 Å². The number of phenolic OH excluding ortho intramolecular Hbond substituents is 2. The van der Waals surface area contributed by atoms with E-state index in [-0.39, 0.29) is 11.5 Å². The van der Waals surface area contributed by atoms with Crippen molar-refractivity contribution in [1.82, 2.24) is 9.88 Å². The first-order chi connectivity index (χ1) is 12.6. The summed E-state index contributed by atoms with van der Waals surface area (Å²) in [6, 6.07) is 12.9. The predicted molar refractivity (Wildman–Crippen MR) is 107 cm³/mol. The maximum atomic E-state index is 9.90. The van der Waals surface area contributed by atoms with Crippen LogP contribution in [0, 0.1) is 6.92 Å². The average molecular weight is 353 g/mol. The summed E-state index contributed by atoms with van der Waals surface area (Å²) in [5, 5.41) is 23.9. The molecular weight excluding hydrogens is 326 g/mol. The Balaban J connectivity index is 1.93. The van der Waals surface area contributed by atoms with Crippen LogP contribution < -0.4 is 11.1 Å². The van der Waals surface area contributed by atoms with Crippen molar-refractivity contribution in [3.8, 4) is 22.8 Å². The molecule has 0 spiro atoms. The molecule has 1 heterocycles. The molecule has 2 aromatic carbocycles. The number of aromatic hydroxyl groups is 2. The van der Waals surface area contributed by atoms with Gasteiger partial charge in [-0.25, -0.2) is 0 Å². The Morgan fingerprint density at radius 1 is 0.962 bits per heavy atom. The van der Waals surface area contributed by atoms with E-state index in [1.54, 1.807) is 18.2 Å². The van der Waals surface area contributed by atoms with Gasteiger partial charge < -0.3 is 25.8 Å². The number of hydrogen-bond acceptors (Lipinski definition) is 4. The minimum atomic E-state index is 0.262. The summed E-state index contributed by atoms with van der Waals surface area (Å²) in [6.45, 7) is 5.46. The molecule has 26 heavy (non-hydrogen) atoms. The molecule has 0 saturated heterocycles. The van der Waals surface area contributed by atoms with Gasteiger partial charge in [0.2, 0.25) is 0 Å². The first-order valence-corrected chi connectivity index (χ1v) is 9.14. The highest BCUT2D eigenvalue weighted by Gasteiger charge is 2.16. The highest BCUT2D eigenvalue weighted by atomic mass is 16.3. The van der Waals surface area contributed by atoms with E-state index >= 15 is 0 Å². The number of aromatic nitrogens is 1. The predicted octanol–water partition coefficient (Wildman–Crippen LogP) is 3.36. The zero-order chi connectivity index (χ0) is 18.5. The third kappa shape index (κ3) is 3.84. The number of unbranched alkanes of at least 4 members (excludes halogenated alkanes) is 1. The van der Waals surface area contributed by atoms with Gasteiger partial charge in [0.1, 0.15) is 11.5 Å². The number of nitrogens with one attached hydrogen (secondary N) is 1. The van der Waals surface area contributed by atoms with Gasteiger partial charge in [-0.15, -0.1) is 0 Å². The fourth-order valence-electron chi connectivity index (χ4n) is 3.48. The molecule has 5 nitrogen and oxygen atoms in total. The fraction of sp³-hybridized carbons (Fsp3) is 0.333. The van der Waals surface area contributed by atoms with E-state index in [9.17, 15) is 10.2 Å². The van der Waals surface area contributed by atoms with Crippen molar-refractivity contribution in [3.63, 3.8) is 0 Å². The van der Waals surface area contributed by atoms with E-state index in [0.717, 1.165) is 60.2 Å². The van der Waals surface area contributed by atoms with Crippen molar-refractivity contribution in [3.05, 3.63) is 48.0 Å². The molecule has 138 valence electrons. The van der Waals surface area contributed by atoms with E-state index in [2.05, 4.69) is 16.8 Å². The summed E-state index contributed by atoms with van der Waals surface area (Å²) in [7, 11) is 0. The highest BCUT2D eigenvalue weighted by molar-refractivity contribution is 5.92. The van der Waals surface area contributed by atoms with Crippen molar-refractivity contribution in [2.75, 3.05) is 19.6 Å². The molecule has 0 aliphatic heterocycles. The van der Waals surface area contributed by atoms with Crippen LogP contribution in [-0.2, 0) is 6.54 Å². The molecule has 0 unspecified atom stereocenters. The lowest BCUT2D eigenvalue weighted by Gasteiger charge is -2.12. The van der Waals surface area contributed by atoms with E-state index in [1.807, 2.05) is 24.3 Å². The lowest BCUT2D eigenvalue weighted by molar-refractivity contribution is 0.475. The summed E-state index contributed by atoms with van der Waals surface area (Å²) < 4.78 is 2.32. The maximum absolute atomic E-state index is 9.90. The Morgan fingerprint density at radius 2 is 1.69 bits per heavy atom. The molecule has 0 fully saturated rings. The van der Waals surface area contributed by atoms with Crippen LogP contribution in [-0.4, -0.2) is 34.4 Å². The lowest BCUT2D eigenvalue weighted by atomic mass is 10.1. The zero-order valence-electron chi connectivity index (χ0n) is 15.2. The topological polar surface area (TPSA) is 83.4 Å². The molecule has 0 aliphatic rings. The van der Waals surface area contributed by atoms with Crippen LogP contribution in [0.1, 0.15) is 18.4 Å². The Morgan fingerprint density at radius 3 is 2.42 bits per heavy atom. The minimum Gasteiger partial charge on any atom is -0.508 e. The number of aryl methyl sites for hydroxylation is 2. The van der Waals surface area contributed by atoms with Gasteiger partial charge in [0.05, 0.1) is 5.69 Å². The quantitative estimate of drug-likeness (QED) is 0.468. The van der Waals surface area contributed by atoms with Crippen LogP contribution in [0.2, 0.25) is 0 Å². The lowest BCUT2D eigenvalue weighted by Crippen LogP contribution is -2.23. The number of benzene rings is 2. The minimum absolute atomic E-state index is 0.262. The normalized spacial score (nSPS) is 11.3. The van der Waals surface area contributed by atoms with Gasteiger partial charge in [0.25, 0.3) is 0 Å². The number of phenols is 2. The second-order valence-electron chi connectivity index (χ2n) is 6.62. The second kappa shape index (κ2) is 8.25. The number of nitrogens with two attached hydrogens (primary N) is 1. The first-order valence-electron chi connectivity index (χ1n) is 9.14. The fourth-order valence-corrected chi connectivity index (χ4v) is 3.48. The molecule has 3 rings (SSSR count). The molecule has 1 aromatic heterocycles. The summed E-state index contributed by atoms with van der Waals surface area (Å²) in [5.41, 5.74) is 9.97. The molecule has 5 N–H and O–H groups in total. The monoisotopic (exact) mass is 353 g/mol. The van der Waals surface area contributed by atoms with Crippen molar-refractivity contribution in [2.45, 2.75) is 26.3 Å². The molecule has 3 aromatic rings. The van der Waals surface area contributed by atoms with Gasteiger partial charge in [0.15, 0.2) is 0 Å². The van der Waals surface area contributed by atoms with Crippen molar-refractivity contribution in [2.24, 2.45) is 5.73 Å². The Hall–Kier alpha value is -2.50. The molecule has 0 radical (unpaired) electrons. The maximum Gasteiger partial charge on any atom is 0.116 e. The third-order valence-electron chi connectivity index (χ3n) is 4.75. The van der Waals surface area contributed by atoms with Crippen molar-refractivity contribution < 1.29 is 10.2 Å². The van der Waals surface area contributed by atoms with E-state index < -0.39 is 0 Å². The number of nitrogens with zero attached hydrogens (tertiary/aromatic N) is 1. The molecule has 0 aliphatic carbocycles. The van der Waals surface area contributed by atoms with Gasteiger partial charge in [0, 0.05) is 30.5 Å². The van der Waals surface area contributed by atoms with E-state index in [0.29, 0.717) is 6.54 Å². The molecule has 0 amide bonds. The first kappa shape index (κ1) is 18.3. The van der Waals surface area contributed by atoms with Gasteiger partial charge in [-0.2, -0.15) is 0 Å². The van der Waals surface area contributed by atoms with Crippen LogP contribution in [0.5, 0.6) is 11.5 Å². The molecule has 0 bridgehead atoms. The molecule has 0 saturated carbocycles. The summed E-state index contributed by atoms with van der Waals surface area (Å²) in [5.74, 6) is 0.540. The van der Waals surface area contributed by atoms with E-state index in [1.165, 1.54) is 0 Å². The largest absolute Gasteiger partial charge is 0.508 e. The Bertz CT molecular complexity index is 869. The Kier molecular flexibility index (Phi) is 5.81. The average Bonchev–Trinajstić information content (AvgIpc) is 2.90. The van der Waals surface area contributed by atoms with Crippen LogP contribution in [0.25, 0.3) is 22.2 Å². The second-order valence-corrected chi connectivity index (χ2v) is 6.62. The Labute approximate surface area is 154 Å². The molecule has 5 heteroatoms. The van der Waals surface area contributed by atoms with E-state index in [4.69, 9.17) is 5.73 Å². The smallest absolute Gasteiger partial charge is 0.116 e. The number of fused-ring (bicyclic) bond motifs is 1. The summed E-state index contributed by atoms with van der Waals surface area (Å²) in [6.07, 6.45) is 2.12. The van der Waals surface area contributed by atoms with Gasteiger partial charge in [-0.1, -0.05) is 0 Å².